The minimum atomic E-state index is -4.46. The van der Waals surface area contributed by atoms with Crippen molar-refractivity contribution >= 4 is 17.3 Å². The summed E-state index contributed by atoms with van der Waals surface area (Å²) in [6.45, 7) is 0.627. The van der Waals surface area contributed by atoms with E-state index in [0.29, 0.717) is 29.6 Å². The number of nitrogens with zero attached hydrogens (tertiary/aromatic N) is 3. The van der Waals surface area contributed by atoms with Gasteiger partial charge < -0.3 is 10.2 Å². The van der Waals surface area contributed by atoms with Crippen LogP contribution in [0.15, 0.2) is 34.6 Å². The summed E-state index contributed by atoms with van der Waals surface area (Å²) in [4.78, 5) is 9.32. The molecule has 0 aliphatic rings. The summed E-state index contributed by atoms with van der Waals surface area (Å²) in [5.41, 5.74) is -0.965. The number of hydrogen-bond donors (Lipinski definition) is 1. The largest absolute Gasteiger partial charge is 0.434 e. The Bertz CT molecular complexity index is 795. The number of guanidine groups is 1. The van der Waals surface area contributed by atoms with Crippen LogP contribution in [0.25, 0.3) is 0 Å². The molecule has 0 aliphatic carbocycles. The van der Waals surface area contributed by atoms with Crippen molar-refractivity contribution in [3.05, 3.63) is 51.5 Å². The molecule has 0 radical (unpaired) electrons. The SMILES string of the molecule is CN=C(NCCc1nc(C(F)(F)F)cs1)N(C)Cc1ccc(C(F)(F)F)cc1. The Kier molecular flexibility index (Phi) is 6.91. The van der Waals surface area contributed by atoms with E-state index in [-0.39, 0.29) is 6.42 Å². The molecule has 2 rings (SSSR count). The van der Waals surface area contributed by atoms with Crippen molar-refractivity contribution in [2.45, 2.75) is 25.3 Å². The van der Waals surface area contributed by atoms with E-state index in [2.05, 4.69) is 15.3 Å². The minimum absolute atomic E-state index is 0.286. The third kappa shape index (κ3) is 6.11. The average molecular weight is 424 g/mol. The average Bonchev–Trinajstić information content (AvgIpc) is 3.07. The van der Waals surface area contributed by atoms with Gasteiger partial charge >= 0.3 is 12.4 Å². The van der Waals surface area contributed by atoms with Crippen LogP contribution >= 0.6 is 11.3 Å². The fourth-order valence-electron chi connectivity index (χ4n) is 2.37. The Labute approximate surface area is 161 Å². The van der Waals surface area contributed by atoms with Crippen LogP contribution in [0.5, 0.6) is 0 Å². The minimum Gasteiger partial charge on any atom is -0.356 e. The van der Waals surface area contributed by atoms with Crippen molar-refractivity contribution in [3.8, 4) is 0 Å². The van der Waals surface area contributed by atoms with E-state index in [0.717, 1.165) is 28.8 Å². The molecule has 0 aliphatic heterocycles. The first-order valence-electron chi connectivity index (χ1n) is 8.10. The number of nitrogens with one attached hydrogen (secondary N) is 1. The van der Waals surface area contributed by atoms with Crippen LogP contribution in [0.4, 0.5) is 26.3 Å². The van der Waals surface area contributed by atoms with Crippen LogP contribution in [0, 0.1) is 0 Å². The van der Waals surface area contributed by atoms with E-state index in [1.165, 1.54) is 19.2 Å². The number of hydrogen-bond acceptors (Lipinski definition) is 3. The van der Waals surface area contributed by atoms with Gasteiger partial charge in [-0.25, -0.2) is 4.98 Å². The first-order chi connectivity index (χ1) is 13.0. The number of rotatable bonds is 5. The Morgan fingerprint density at radius 1 is 1.11 bits per heavy atom. The van der Waals surface area contributed by atoms with E-state index >= 15 is 0 Å². The highest BCUT2D eigenvalue weighted by molar-refractivity contribution is 7.09. The van der Waals surface area contributed by atoms with Gasteiger partial charge in [-0.3, -0.25) is 4.99 Å². The van der Waals surface area contributed by atoms with Gasteiger partial charge in [0.15, 0.2) is 11.7 Å². The van der Waals surface area contributed by atoms with Gasteiger partial charge in [0.1, 0.15) is 0 Å². The monoisotopic (exact) mass is 424 g/mol. The van der Waals surface area contributed by atoms with E-state index in [4.69, 9.17) is 0 Å². The predicted molar refractivity (Wildman–Crippen MR) is 95.1 cm³/mol. The molecule has 0 bridgehead atoms. The van der Waals surface area contributed by atoms with Crippen LogP contribution in [0.3, 0.4) is 0 Å². The molecule has 0 unspecified atom stereocenters. The summed E-state index contributed by atoms with van der Waals surface area (Å²) in [5, 5.41) is 4.32. The molecular weight excluding hydrogens is 406 g/mol. The third-order valence-corrected chi connectivity index (χ3v) is 4.65. The summed E-state index contributed by atoms with van der Waals surface area (Å²) in [7, 11) is 3.24. The quantitative estimate of drug-likeness (QED) is 0.439. The van der Waals surface area contributed by atoms with Crippen molar-refractivity contribution in [2.75, 3.05) is 20.6 Å². The van der Waals surface area contributed by atoms with Crippen molar-refractivity contribution < 1.29 is 26.3 Å². The molecule has 1 heterocycles. The maximum absolute atomic E-state index is 12.6. The second-order valence-corrected chi connectivity index (χ2v) is 6.84. The molecule has 1 aromatic carbocycles. The van der Waals surface area contributed by atoms with Crippen LogP contribution in [-0.4, -0.2) is 36.5 Å². The maximum atomic E-state index is 12.6. The molecule has 0 saturated carbocycles. The third-order valence-electron chi connectivity index (χ3n) is 3.74. The summed E-state index contributed by atoms with van der Waals surface area (Å²) in [6.07, 6.45) is -8.56. The van der Waals surface area contributed by atoms with Crippen molar-refractivity contribution in [3.63, 3.8) is 0 Å². The van der Waals surface area contributed by atoms with Crippen molar-refractivity contribution in [2.24, 2.45) is 4.99 Å². The zero-order valence-corrected chi connectivity index (χ0v) is 15.8. The van der Waals surface area contributed by atoms with Gasteiger partial charge in [-0.05, 0) is 17.7 Å². The standard InChI is InChI=1S/C17H18F6N4S/c1-24-15(25-8-7-14-26-13(10-28-14)17(21,22)23)27(2)9-11-3-5-12(6-4-11)16(18,19)20/h3-6,10H,7-9H2,1-2H3,(H,24,25). The molecule has 1 N–H and O–H groups in total. The molecule has 0 saturated heterocycles. The second kappa shape index (κ2) is 8.80. The van der Waals surface area contributed by atoms with Gasteiger partial charge in [-0.1, -0.05) is 12.1 Å². The highest BCUT2D eigenvalue weighted by atomic mass is 32.1. The van der Waals surface area contributed by atoms with Gasteiger partial charge in [0.2, 0.25) is 0 Å². The van der Waals surface area contributed by atoms with E-state index < -0.39 is 23.6 Å². The van der Waals surface area contributed by atoms with Gasteiger partial charge in [-0.15, -0.1) is 11.3 Å². The lowest BCUT2D eigenvalue weighted by Crippen LogP contribution is -2.39. The predicted octanol–water partition coefficient (Wildman–Crippen LogP) is 4.43. The van der Waals surface area contributed by atoms with Gasteiger partial charge in [0.25, 0.3) is 0 Å². The molecule has 28 heavy (non-hydrogen) atoms. The van der Waals surface area contributed by atoms with E-state index in [9.17, 15) is 26.3 Å². The molecule has 0 amide bonds. The summed E-state index contributed by atoms with van der Waals surface area (Å²) < 4.78 is 75.5. The zero-order valence-electron chi connectivity index (χ0n) is 15.0. The lowest BCUT2D eigenvalue weighted by molar-refractivity contribution is -0.141. The van der Waals surface area contributed by atoms with Gasteiger partial charge in [-0.2, -0.15) is 26.3 Å². The van der Waals surface area contributed by atoms with Crippen LogP contribution in [-0.2, 0) is 25.3 Å². The Morgan fingerprint density at radius 3 is 2.25 bits per heavy atom. The highest BCUT2D eigenvalue weighted by Gasteiger charge is 2.33. The van der Waals surface area contributed by atoms with Crippen LogP contribution < -0.4 is 5.32 Å². The summed E-state index contributed by atoms with van der Waals surface area (Å²) in [5.74, 6) is 0.465. The van der Waals surface area contributed by atoms with Gasteiger partial charge in [0, 0.05) is 39.0 Å². The summed E-state index contributed by atoms with van der Waals surface area (Å²) >= 11 is 0.933. The van der Waals surface area contributed by atoms with E-state index in [1.54, 1.807) is 11.9 Å². The second-order valence-electron chi connectivity index (χ2n) is 5.90. The molecule has 2 aromatic rings. The number of thiazole rings is 1. The normalized spacial score (nSPS) is 12.9. The molecule has 11 heteroatoms. The lowest BCUT2D eigenvalue weighted by Gasteiger charge is -2.22. The fourth-order valence-corrected chi connectivity index (χ4v) is 3.17. The Hall–Kier alpha value is -2.30. The topological polar surface area (TPSA) is 40.5 Å². The number of aliphatic imine (C=N–C) groups is 1. The first kappa shape index (κ1) is 22.0. The van der Waals surface area contributed by atoms with Gasteiger partial charge in [0.05, 0.1) is 10.6 Å². The van der Waals surface area contributed by atoms with Crippen LogP contribution in [0.1, 0.15) is 21.8 Å². The molecule has 0 fully saturated rings. The Morgan fingerprint density at radius 2 is 1.75 bits per heavy atom. The molecule has 4 nitrogen and oxygen atoms in total. The Balaban J connectivity index is 1.88. The lowest BCUT2D eigenvalue weighted by atomic mass is 10.1. The molecular formula is C17H18F6N4S. The van der Waals surface area contributed by atoms with Crippen LogP contribution in [0.2, 0.25) is 0 Å². The number of halogens is 6. The fraction of sp³-hybridized carbons (Fsp3) is 0.412. The smallest absolute Gasteiger partial charge is 0.356 e. The summed E-state index contributed by atoms with van der Waals surface area (Å²) in [6, 6.07) is 4.81. The highest BCUT2D eigenvalue weighted by Crippen LogP contribution is 2.30. The first-order valence-corrected chi connectivity index (χ1v) is 8.98. The molecule has 1 aromatic heterocycles. The molecule has 0 atom stereocenters. The molecule has 0 spiro atoms. The van der Waals surface area contributed by atoms with E-state index in [1.807, 2.05) is 0 Å². The van der Waals surface area contributed by atoms with Crippen molar-refractivity contribution in [1.29, 1.82) is 0 Å². The maximum Gasteiger partial charge on any atom is 0.434 e. The number of benzene rings is 1. The number of aromatic nitrogens is 1. The van der Waals surface area contributed by atoms with Crippen molar-refractivity contribution in [1.82, 2.24) is 15.2 Å². The number of alkyl halides is 6. The zero-order chi connectivity index (χ0) is 20.9. The molecule has 154 valence electrons.